The summed E-state index contributed by atoms with van der Waals surface area (Å²) >= 11 is 7.67. The number of nitrogens with one attached hydrogen (secondary N) is 3. The summed E-state index contributed by atoms with van der Waals surface area (Å²) in [6.07, 6.45) is 1.50. The molecule has 0 aliphatic rings. The molecule has 3 heterocycles. The van der Waals surface area contributed by atoms with Crippen molar-refractivity contribution in [3.8, 4) is 16.4 Å². The Kier molecular flexibility index (Phi) is 9.40. The fourth-order valence-electron chi connectivity index (χ4n) is 3.74. The summed E-state index contributed by atoms with van der Waals surface area (Å²) < 4.78 is 12.3. The molecular weight excluding hydrogens is 542 g/mol. The predicted octanol–water partition coefficient (Wildman–Crippen LogP) is 3.64. The van der Waals surface area contributed by atoms with Crippen LogP contribution < -0.4 is 26.4 Å². The Morgan fingerprint density at radius 1 is 1.13 bits per heavy atom. The minimum Gasteiger partial charge on any atom is -0.483 e. The van der Waals surface area contributed by atoms with Gasteiger partial charge >= 0.3 is 0 Å². The highest BCUT2D eigenvalue weighted by Gasteiger charge is 2.15. The van der Waals surface area contributed by atoms with E-state index in [0.29, 0.717) is 45.5 Å². The molecule has 0 saturated carbocycles. The number of benzene rings is 1. The highest BCUT2D eigenvalue weighted by Crippen LogP contribution is 2.25. The summed E-state index contributed by atoms with van der Waals surface area (Å²) in [7, 11) is 0. The molecule has 1 aromatic carbocycles. The molecule has 4 aromatic rings. The lowest BCUT2D eigenvalue weighted by Crippen LogP contribution is -2.34. The highest BCUT2D eigenvalue weighted by molar-refractivity contribution is 7.13. The molecule has 0 fully saturated rings. The van der Waals surface area contributed by atoms with E-state index in [1.807, 2.05) is 30.5 Å². The maximum Gasteiger partial charge on any atom is 0.272 e. The molecule has 4 rings (SSSR count). The average molecular weight is 570 g/mol. The van der Waals surface area contributed by atoms with Crippen molar-refractivity contribution >= 4 is 34.8 Å². The number of rotatable bonds is 12. The van der Waals surface area contributed by atoms with Gasteiger partial charge in [0.15, 0.2) is 12.4 Å². The number of hydrogen-bond donors (Lipinski definition) is 3. The molecule has 39 heavy (non-hydrogen) atoms. The van der Waals surface area contributed by atoms with Crippen LogP contribution in [0.1, 0.15) is 29.3 Å². The van der Waals surface area contributed by atoms with Crippen molar-refractivity contribution in [3.05, 3.63) is 91.8 Å². The van der Waals surface area contributed by atoms with Gasteiger partial charge in [-0.05, 0) is 55.1 Å². The van der Waals surface area contributed by atoms with Crippen molar-refractivity contribution in [3.63, 3.8) is 0 Å². The number of aromatic nitrogens is 2. The molecule has 0 radical (unpaired) electrons. The maximum absolute atomic E-state index is 13.1. The molecule has 0 bridgehead atoms. The number of pyridine rings is 1. The molecule has 0 saturated heterocycles. The van der Waals surface area contributed by atoms with Gasteiger partial charge in [-0.3, -0.25) is 14.4 Å². The number of aryl methyl sites for hydroxylation is 1. The normalized spacial score (nSPS) is 10.7. The van der Waals surface area contributed by atoms with Crippen molar-refractivity contribution in [2.75, 3.05) is 18.6 Å². The highest BCUT2D eigenvalue weighted by atomic mass is 35.5. The molecule has 2 amide bonds. The molecule has 3 aromatic heterocycles. The van der Waals surface area contributed by atoms with Gasteiger partial charge in [-0.2, -0.15) is 0 Å². The average Bonchev–Trinajstić information content (AvgIpc) is 3.61. The molecule has 0 spiro atoms. The van der Waals surface area contributed by atoms with Crippen molar-refractivity contribution in [1.82, 2.24) is 20.5 Å². The Hall–Kier alpha value is -4.09. The van der Waals surface area contributed by atoms with E-state index in [0.717, 1.165) is 4.88 Å². The van der Waals surface area contributed by atoms with E-state index < -0.39 is 0 Å². The molecule has 0 aliphatic carbocycles. The van der Waals surface area contributed by atoms with Crippen LogP contribution in [0, 0.1) is 6.92 Å². The molecule has 0 aliphatic heterocycles. The van der Waals surface area contributed by atoms with Crippen molar-refractivity contribution in [2.45, 2.75) is 33.4 Å². The summed E-state index contributed by atoms with van der Waals surface area (Å²) in [5, 5.41) is 11.9. The van der Waals surface area contributed by atoms with E-state index in [1.54, 1.807) is 48.7 Å². The van der Waals surface area contributed by atoms with Crippen LogP contribution >= 0.6 is 22.9 Å². The summed E-state index contributed by atoms with van der Waals surface area (Å²) in [6.45, 7) is 4.32. The molecule has 12 heteroatoms. The van der Waals surface area contributed by atoms with E-state index >= 15 is 0 Å². The molecule has 3 N–H and O–H groups in total. The summed E-state index contributed by atoms with van der Waals surface area (Å²) in [5.41, 5.74) is 4.99. The smallest absolute Gasteiger partial charge is 0.272 e. The molecule has 0 atom stereocenters. The third kappa shape index (κ3) is 7.49. The van der Waals surface area contributed by atoms with Crippen LogP contribution in [-0.4, -0.2) is 34.8 Å². The fourth-order valence-corrected chi connectivity index (χ4v) is 4.61. The van der Waals surface area contributed by atoms with Crippen LogP contribution in [-0.2, 0) is 29.1 Å². The van der Waals surface area contributed by atoms with Crippen LogP contribution in [0.4, 0.5) is 0 Å². The zero-order valence-electron chi connectivity index (χ0n) is 21.5. The number of likely N-dealkylation sites (N-methyl/N-ethyl adjacent to an activating group) is 1. The van der Waals surface area contributed by atoms with Gasteiger partial charge in [-0.15, -0.1) is 11.3 Å². The van der Waals surface area contributed by atoms with Crippen LogP contribution in [0.3, 0.4) is 0 Å². The van der Waals surface area contributed by atoms with Crippen LogP contribution in [0.25, 0.3) is 10.6 Å². The summed E-state index contributed by atoms with van der Waals surface area (Å²) in [6, 6.07) is 12.4. The molecule has 0 unspecified atom stereocenters. The minimum absolute atomic E-state index is 0.112. The van der Waals surface area contributed by atoms with Gasteiger partial charge in [0.05, 0.1) is 17.8 Å². The third-order valence-corrected chi connectivity index (χ3v) is 6.87. The Labute approximate surface area is 233 Å². The number of thiophene rings is 1. The lowest BCUT2D eigenvalue weighted by Gasteiger charge is -2.14. The van der Waals surface area contributed by atoms with Gasteiger partial charge in [0, 0.05) is 41.5 Å². The zero-order chi connectivity index (χ0) is 27.8. The number of halogens is 1. The van der Waals surface area contributed by atoms with Gasteiger partial charge in [0.1, 0.15) is 11.4 Å². The minimum atomic E-state index is -0.348. The first-order valence-corrected chi connectivity index (χ1v) is 13.5. The van der Waals surface area contributed by atoms with Gasteiger partial charge in [-0.25, -0.2) is 4.68 Å². The van der Waals surface area contributed by atoms with Crippen LogP contribution in [0.5, 0.6) is 5.75 Å². The van der Waals surface area contributed by atoms with Crippen molar-refractivity contribution in [1.29, 1.82) is 0 Å². The zero-order valence-corrected chi connectivity index (χ0v) is 23.0. The Morgan fingerprint density at radius 2 is 1.97 bits per heavy atom. The first-order chi connectivity index (χ1) is 18.8. The second-order valence-corrected chi connectivity index (χ2v) is 9.98. The first kappa shape index (κ1) is 27.9. The van der Waals surface area contributed by atoms with E-state index in [-0.39, 0.29) is 43.5 Å². The number of carbonyl (C=O) groups is 2. The van der Waals surface area contributed by atoms with Crippen LogP contribution in [0.15, 0.2) is 63.4 Å². The largest absolute Gasteiger partial charge is 0.483 e. The Balaban J connectivity index is 1.37. The van der Waals surface area contributed by atoms with E-state index in [1.165, 1.54) is 4.68 Å². The van der Waals surface area contributed by atoms with Gasteiger partial charge in [0.2, 0.25) is 5.91 Å². The van der Waals surface area contributed by atoms with Crippen molar-refractivity contribution in [2.24, 2.45) is 0 Å². The van der Waals surface area contributed by atoms with E-state index in [4.69, 9.17) is 20.9 Å². The number of nitrogens with zero attached hydrogens (tertiary/aromatic N) is 2. The number of amides is 2. The number of hydrogen-bond acceptors (Lipinski definition) is 8. The van der Waals surface area contributed by atoms with Crippen LogP contribution in [0.2, 0.25) is 5.02 Å². The molecular formula is C27H28ClN5O5S. The second-order valence-electron chi connectivity index (χ2n) is 8.59. The fraction of sp³-hybridized carbons (Fsp3) is 0.259. The van der Waals surface area contributed by atoms with Crippen molar-refractivity contribution < 1.29 is 18.8 Å². The quantitative estimate of drug-likeness (QED) is 0.238. The number of ether oxygens (including phenoxy) is 1. The lowest BCUT2D eigenvalue weighted by atomic mass is 10.1. The topological polar surface area (TPSA) is 127 Å². The van der Waals surface area contributed by atoms with E-state index in [2.05, 4.69) is 21.2 Å². The van der Waals surface area contributed by atoms with Gasteiger partial charge in [-0.1, -0.05) is 22.8 Å². The Morgan fingerprint density at radius 3 is 2.74 bits per heavy atom. The molecule has 204 valence electrons. The predicted molar refractivity (Wildman–Crippen MR) is 150 cm³/mol. The summed E-state index contributed by atoms with van der Waals surface area (Å²) in [4.78, 5) is 38.6. The summed E-state index contributed by atoms with van der Waals surface area (Å²) in [5.74, 6) is 0.495. The van der Waals surface area contributed by atoms with Gasteiger partial charge in [0.25, 0.3) is 11.5 Å². The first-order valence-electron chi connectivity index (χ1n) is 12.2. The van der Waals surface area contributed by atoms with E-state index in [9.17, 15) is 14.4 Å². The monoisotopic (exact) mass is 569 g/mol. The maximum atomic E-state index is 13.1. The second kappa shape index (κ2) is 13.1. The van der Waals surface area contributed by atoms with Gasteiger partial charge < -0.3 is 25.3 Å². The molecule has 10 nitrogen and oxygen atoms in total. The SMILES string of the molecule is CCNC(=O)COc1ccc(Cl)cc1CNC(=O)Cc1c(C)ccn(NCc2cc(-c3cccs3)on2)c1=O. The Bertz CT molecular complexity index is 1500. The lowest BCUT2D eigenvalue weighted by molar-refractivity contribution is -0.123. The standard InChI is InChI=1S/C27H28ClN5O5S/c1-3-29-26(35)16-37-22-7-6-19(28)11-18(22)14-30-25(34)13-21-17(2)8-9-33(27(21)36)31-15-20-12-23(38-32-20)24-5-4-10-39-24/h4-12,31H,3,13-16H2,1-2H3,(H,29,35)(H,30,34). The third-order valence-electron chi connectivity index (χ3n) is 5.75. The number of carbonyl (C=O) groups excluding carboxylic acids is 2.